The Morgan fingerprint density at radius 1 is 1.04 bits per heavy atom. The number of hydrogen-bond acceptors (Lipinski definition) is 5. The van der Waals surface area contributed by atoms with Gasteiger partial charge in [-0.3, -0.25) is 4.99 Å². The van der Waals surface area contributed by atoms with Gasteiger partial charge in [-0.2, -0.15) is 0 Å². The van der Waals surface area contributed by atoms with Crippen molar-refractivity contribution in [3.8, 4) is 16.2 Å². The minimum absolute atomic E-state index is 0. The van der Waals surface area contributed by atoms with E-state index in [0.29, 0.717) is 6.54 Å². The number of aliphatic imine (C=N–C) groups is 1. The van der Waals surface area contributed by atoms with Crippen molar-refractivity contribution in [2.24, 2.45) is 4.99 Å². The van der Waals surface area contributed by atoms with Crippen LogP contribution in [0.4, 0.5) is 0 Å². The Morgan fingerprint density at radius 3 is 2.36 bits per heavy atom. The van der Waals surface area contributed by atoms with Crippen LogP contribution in [0.2, 0.25) is 0 Å². The van der Waals surface area contributed by atoms with E-state index in [1.807, 2.05) is 19.1 Å². The second-order valence-electron chi connectivity index (χ2n) is 6.02. The zero-order valence-corrected chi connectivity index (χ0v) is 20.4. The number of aryl methyl sites for hydroxylation is 2. The molecule has 0 spiro atoms. The maximum Gasteiger partial charge on any atom is 0.191 e. The molecule has 1 aromatic carbocycles. The van der Waals surface area contributed by atoms with Crippen molar-refractivity contribution < 1.29 is 4.74 Å². The van der Waals surface area contributed by atoms with Gasteiger partial charge in [-0.25, -0.2) is 4.98 Å². The third-order valence-corrected chi connectivity index (χ3v) is 6.38. The number of aromatic nitrogens is 1. The first-order chi connectivity index (χ1) is 13.1. The molecule has 0 radical (unpaired) electrons. The van der Waals surface area contributed by atoms with E-state index in [1.165, 1.54) is 20.2 Å². The molecular formula is C20H25IN4OS2. The standard InChI is InChI=1S/C20H24N4OS2.HI/c1-13-14(2)26-19(24-13)12-23-20(21-3)22-11-17-9-10-18(27-17)15-5-7-16(25-4)8-6-15;/h5-10H,11-12H2,1-4H3,(H2,21,22,23);1H. The smallest absolute Gasteiger partial charge is 0.191 e. The van der Waals surface area contributed by atoms with Crippen LogP contribution in [-0.4, -0.2) is 25.1 Å². The monoisotopic (exact) mass is 528 g/mol. The molecule has 0 atom stereocenters. The molecule has 2 N–H and O–H groups in total. The largest absolute Gasteiger partial charge is 0.497 e. The summed E-state index contributed by atoms with van der Waals surface area (Å²) < 4.78 is 5.22. The van der Waals surface area contributed by atoms with Gasteiger partial charge < -0.3 is 15.4 Å². The molecule has 3 rings (SSSR count). The number of halogens is 1. The fourth-order valence-electron chi connectivity index (χ4n) is 2.55. The van der Waals surface area contributed by atoms with Crippen molar-refractivity contribution >= 4 is 52.6 Å². The predicted molar refractivity (Wildman–Crippen MR) is 130 cm³/mol. The SMILES string of the molecule is CN=C(NCc1ccc(-c2ccc(OC)cc2)s1)NCc1nc(C)c(C)s1.I. The van der Waals surface area contributed by atoms with Crippen LogP contribution in [0, 0.1) is 13.8 Å². The van der Waals surface area contributed by atoms with Gasteiger partial charge in [-0.1, -0.05) is 0 Å². The molecule has 0 fully saturated rings. The second-order valence-corrected chi connectivity index (χ2v) is 8.48. The lowest BCUT2D eigenvalue weighted by Crippen LogP contribution is -2.36. The van der Waals surface area contributed by atoms with Crippen LogP contribution < -0.4 is 15.4 Å². The van der Waals surface area contributed by atoms with Gasteiger partial charge in [0.2, 0.25) is 0 Å². The number of methoxy groups -OCH3 is 1. The first-order valence-corrected chi connectivity index (χ1v) is 10.3. The number of thiazole rings is 1. The van der Waals surface area contributed by atoms with Gasteiger partial charge in [0.25, 0.3) is 0 Å². The van der Waals surface area contributed by atoms with Gasteiger partial charge >= 0.3 is 0 Å². The quantitative estimate of drug-likeness (QED) is 0.269. The molecule has 0 bridgehead atoms. The van der Waals surface area contributed by atoms with Crippen molar-refractivity contribution in [2.75, 3.05) is 14.2 Å². The molecule has 28 heavy (non-hydrogen) atoms. The number of thiophene rings is 1. The van der Waals surface area contributed by atoms with Crippen LogP contribution in [0.15, 0.2) is 41.4 Å². The van der Waals surface area contributed by atoms with E-state index in [4.69, 9.17) is 4.74 Å². The molecule has 3 aromatic rings. The number of ether oxygens (including phenoxy) is 1. The number of benzene rings is 1. The van der Waals surface area contributed by atoms with Crippen molar-refractivity contribution in [3.63, 3.8) is 0 Å². The van der Waals surface area contributed by atoms with E-state index in [9.17, 15) is 0 Å². The third kappa shape index (κ3) is 5.92. The Balaban J connectivity index is 0.00000280. The lowest BCUT2D eigenvalue weighted by atomic mass is 10.2. The first kappa shape index (κ1) is 22.6. The van der Waals surface area contributed by atoms with E-state index in [1.54, 1.807) is 36.8 Å². The van der Waals surface area contributed by atoms with E-state index in [0.717, 1.165) is 29.0 Å². The predicted octanol–water partition coefficient (Wildman–Crippen LogP) is 4.98. The van der Waals surface area contributed by atoms with Crippen molar-refractivity contribution in [2.45, 2.75) is 26.9 Å². The zero-order chi connectivity index (χ0) is 19.2. The molecular weight excluding hydrogens is 503 g/mol. The van der Waals surface area contributed by atoms with Gasteiger partial charge in [0.15, 0.2) is 5.96 Å². The molecule has 5 nitrogen and oxygen atoms in total. The number of nitrogens with zero attached hydrogens (tertiary/aromatic N) is 2. The molecule has 8 heteroatoms. The molecule has 0 saturated carbocycles. The molecule has 2 heterocycles. The van der Waals surface area contributed by atoms with Crippen molar-refractivity contribution in [3.05, 3.63) is 56.9 Å². The fourth-order valence-corrected chi connectivity index (χ4v) is 4.38. The van der Waals surface area contributed by atoms with Crippen molar-refractivity contribution in [1.29, 1.82) is 0 Å². The molecule has 0 aliphatic rings. The maximum atomic E-state index is 5.22. The topological polar surface area (TPSA) is 58.5 Å². The van der Waals surface area contributed by atoms with Gasteiger partial charge in [0, 0.05) is 21.7 Å². The van der Waals surface area contributed by atoms with Crippen LogP contribution in [0.3, 0.4) is 0 Å². The summed E-state index contributed by atoms with van der Waals surface area (Å²) in [5, 5.41) is 7.77. The minimum Gasteiger partial charge on any atom is -0.497 e. The Bertz CT molecular complexity index is 899. The Labute approximate surface area is 191 Å². The number of hydrogen-bond donors (Lipinski definition) is 2. The minimum atomic E-state index is 0. The average Bonchev–Trinajstić information content (AvgIpc) is 3.29. The lowest BCUT2D eigenvalue weighted by molar-refractivity contribution is 0.415. The van der Waals surface area contributed by atoms with E-state index in [2.05, 4.69) is 51.8 Å². The molecule has 0 aliphatic heterocycles. The first-order valence-electron chi connectivity index (χ1n) is 8.69. The summed E-state index contributed by atoms with van der Waals surface area (Å²) in [6, 6.07) is 12.4. The summed E-state index contributed by atoms with van der Waals surface area (Å²) in [4.78, 5) is 12.6. The van der Waals surface area contributed by atoms with E-state index in [-0.39, 0.29) is 24.0 Å². The number of rotatable bonds is 6. The summed E-state index contributed by atoms with van der Waals surface area (Å²) in [5.41, 5.74) is 2.30. The summed E-state index contributed by atoms with van der Waals surface area (Å²) >= 11 is 3.50. The number of nitrogens with one attached hydrogen (secondary N) is 2. The van der Waals surface area contributed by atoms with Crippen LogP contribution in [0.25, 0.3) is 10.4 Å². The van der Waals surface area contributed by atoms with E-state index >= 15 is 0 Å². The summed E-state index contributed by atoms with van der Waals surface area (Å²) in [6.45, 7) is 5.55. The normalized spacial score (nSPS) is 11.1. The molecule has 0 unspecified atom stereocenters. The molecule has 0 aliphatic carbocycles. The van der Waals surface area contributed by atoms with Gasteiger partial charge in [-0.15, -0.1) is 46.7 Å². The number of guanidine groups is 1. The molecule has 0 amide bonds. The Hall–Kier alpha value is -1.65. The summed E-state index contributed by atoms with van der Waals surface area (Å²) in [7, 11) is 3.46. The zero-order valence-electron chi connectivity index (χ0n) is 16.4. The van der Waals surface area contributed by atoms with Crippen LogP contribution in [0.1, 0.15) is 20.5 Å². The summed E-state index contributed by atoms with van der Waals surface area (Å²) in [6.07, 6.45) is 0. The average molecular weight is 528 g/mol. The maximum absolute atomic E-state index is 5.22. The Kier molecular flexibility index (Phi) is 8.71. The van der Waals surface area contributed by atoms with Gasteiger partial charge in [0.1, 0.15) is 10.8 Å². The van der Waals surface area contributed by atoms with Crippen LogP contribution in [-0.2, 0) is 13.1 Å². The highest BCUT2D eigenvalue weighted by atomic mass is 127. The summed E-state index contributed by atoms with van der Waals surface area (Å²) in [5.74, 6) is 1.65. The Morgan fingerprint density at radius 2 is 1.75 bits per heavy atom. The lowest BCUT2D eigenvalue weighted by Gasteiger charge is -2.09. The highest BCUT2D eigenvalue weighted by molar-refractivity contribution is 14.0. The van der Waals surface area contributed by atoms with Gasteiger partial charge in [0.05, 0.1) is 25.9 Å². The van der Waals surface area contributed by atoms with Crippen molar-refractivity contribution in [1.82, 2.24) is 15.6 Å². The third-order valence-electron chi connectivity index (χ3n) is 4.17. The highest BCUT2D eigenvalue weighted by Gasteiger charge is 2.07. The second kappa shape index (κ2) is 10.8. The fraction of sp³-hybridized carbons (Fsp3) is 0.300. The highest BCUT2D eigenvalue weighted by Crippen LogP contribution is 2.29. The van der Waals surface area contributed by atoms with Gasteiger partial charge in [-0.05, 0) is 55.8 Å². The van der Waals surface area contributed by atoms with E-state index < -0.39 is 0 Å². The van der Waals surface area contributed by atoms with Crippen LogP contribution in [0.5, 0.6) is 5.75 Å². The molecule has 150 valence electrons. The molecule has 0 saturated heterocycles. The van der Waals surface area contributed by atoms with Crippen LogP contribution >= 0.6 is 46.7 Å². The molecule has 2 aromatic heterocycles.